The maximum atomic E-state index is 12.1. The maximum absolute atomic E-state index is 12.1. The number of piperidine rings is 1. The van der Waals surface area contributed by atoms with E-state index in [0.717, 1.165) is 29.9 Å². The van der Waals surface area contributed by atoms with E-state index in [4.69, 9.17) is 4.74 Å². The number of nitrogens with zero attached hydrogens (tertiary/aromatic N) is 4. The van der Waals surface area contributed by atoms with Crippen LogP contribution in [0, 0.1) is 0 Å². The van der Waals surface area contributed by atoms with Crippen LogP contribution in [-0.2, 0) is 15.1 Å². The Kier molecular flexibility index (Phi) is 3.39. The first-order valence-electron chi connectivity index (χ1n) is 8.63. The molecule has 8 nitrogen and oxygen atoms in total. The van der Waals surface area contributed by atoms with Gasteiger partial charge >= 0.3 is 0 Å². The van der Waals surface area contributed by atoms with E-state index < -0.39 is 5.54 Å². The topological polar surface area (TPSA) is 96.0 Å². The van der Waals surface area contributed by atoms with Gasteiger partial charge in [-0.3, -0.25) is 4.79 Å². The molecule has 0 aliphatic carbocycles. The minimum absolute atomic E-state index is 0.0726. The number of hydrogen-bond donors (Lipinski definition) is 2. The zero-order valence-electron chi connectivity index (χ0n) is 14.1. The van der Waals surface area contributed by atoms with Gasteiger partial charge in [-0.05, 0) is 12.0 Å². The van der Waals surface area contributed by atoms with Crippen molar-refractivity contribution < 1.29 is 9.53 Å². The highest BCUT2D eigenvalue weighted by Gasteiger charge is 2.49. The monoisotopic (exact) mass is 350 g/mol. The van der Waals surface area contributed by atoms with E-state index in [-0.39, 0.29) is 18.6 Å². The second-order valence-corrected chi connectivity index (χ2v) is 6.68. The third kappa shape index (κ3) is 2.26. The molecule has 4 heterocycles. The molecule has 8 heteroatoms. The van der Waals surface area contributed by atoms with Gasteiger partial charge in [-0.15, -0.1) is 0 Å². The number of anilines is 1. The molecule has 2 aliphatic heterocycles. The van der Waals surface area contributed by atoms with Crippen LogP contribution in [0.2, 0.25) is 0 Å². The second kappa shape index (κ2) is 5.77. The number of carbonyl (C=O) groups is 1. The number of hydrogen-bond acceptors (Lipinski definition) is 6. The Morgan fingerprint density at radius 3 is 2.96 bits per heavy atom. The van der Waals surface area contributed by atoms with Crippen LogP contribution in [0.1, 0.15) is 12.0 Å². The zero-order chi connectivity index (χ0) is 17.6. The number of amides is 1. The number of ether oxygens (including phenoxy) is 1. The van der Waals surface area contributed by atoms with E-state index in [1.54, 1.807) is 6.33 Å². The third-order valence-corrected chi connectivity index (χ3v) is 5.28. The van der Waals surface area contributed by atoms with Crippen LogP contribution in [-0.4, -0.2) is 51.6 Å². The third-order valence-electron chi connectivity index (χ3n) is 5.28. The van der Waals surface area contributed by atoms with Crippen molar-refractivity contribution in [1.29, 1.82) is 0 Å². The SMILES string of the molecule is O=C1CO[C@@H]2CN(c3ncnc4nc[nH]c34)CC[C@@]2(c2ccccc2)N1. The molecule has 0 unspecified atom stereocenters. The summed E-state index contributed by atoms with van der Waals surface area (Å²) in [6, 6.07) is 10.1. The van der Waals surface area contributed by atoms with Gasteiger partial charge in [0.1, 0.15) is 24.6 Å². The lowest BCUT2D eigenvalue weighted by Gasteiger charge is -2.50. The standard InChI is InChI=1S/C18H18N6O2/c25-14-9-26-13-8-24(17-15-16(20-10-19-15)21-11-22-17)7-6-18(13,23-14)12-4-2-1-3-5-12/h1-5,10-11,13H,6-9H2,(H,23,25)(H,19,20,21,22)/t13-,18+/m1/s1. The van der Waals surface area contributed by atoms with Crippen LogP contribution in [0.25, 0.3) is 11.2 Å². The number of morpholine rings is 1. The number of benzene rings is 1. The van der Waals surface area contributed by atoms with Crippen LogP contribution < -0.4 is 10.2 Å². The van der Waals surface area contributed by atoms with E-state index in [1.807, 2.05) is 18.2 Å². The summed E-state index contributed by atoms with van der Waals surface area (Å²) in [5.41, 5.74) is 2.03. The minimum Gasteiger partial charge on any atom is -0.364 e. The Bertz CT molecular complexity index is 958. The first-order chi connectivity index (χ1) is 12.8. The van der Waals surface area contributed by atoms with Gasteiger partial charge in [-0.2, -0.15) is 0 Å². The van der Waals surface area contributed by atoms with E-state index in [0.29, 0.717) is 12.2 Å². The molecule has 1 aromatic carbocycles. The van der Waals surface area contributed by atoms with Crippen LogP contribution in [0.3, 0.4) is 0 Å². The molecule has 5 rings (SSSR count). The van der Waals surface area contributed by atoms with E-state index in [1.165, 1.54) is 6.33 Å². The van der Waals surface area contributed by atoms with Crippen molar-refractivity contribution in [1.82, 2.24) is 25.3 Å². The van der Waals surface area contributed by atoms with Gasteiger partial charge in [0.15, 0.2) is 11.5 Å². The molecule has 1 amide bonds. The highest BCUT2D eigenvalue weighted by atomic mass is 16.5. The predicted octanol–water partition coefficient (Wildman–Crippen LogP) is 0.973. The van der Waals surface area contributed by atoms with Crippen LogP contribution >= 0.6 is 0 Å². The molecule has 2 aromatic heterocycles. The molecule has 2 saturated heterocycles. The van der Waals surface area contributed by atoms with Crippen molar-refractivity contribution >= 4 is 22.9 Å². The van der Waals surface area contributed by atoms with Gasteiger partial charge < -0.3 is 19.9 Å². The Morgan fingerprint density at radius 2 is 2.08 bits per heavy atom. The average Bonchev–Trinajstić information content (AvgIpc) is 3.17. The molecule has 0 radical (unpaired) electrons. The van der Waals surface area contributed by atoms with Crippen molar-refractivity contribution in [2.75, 3.05) is 24.6 Å². The van der Waals surface area contributed by atoms with Gasteiger partial charge in [0.25, 0.3) is 0 Å². The van der Waals surface area contributed by atoms with Gasteiger partial charge in [-0.25, -0.2) is 15.0 Å². The molecule has 0 spiro atoms. The highest BCUT2D eigenvalue weighted by Crippen LogP contribution is 2.38. The Hall–Kier alpha value is -3.00. The molecule has 3 aromatic rings. The molecule has 2 fully saturated rings. The summed E-state index contributed by atoms with van der Waals surface area (Å²) in [4.78, 5) is 30.2. The van der Waals surface area contributed by atoms with Crippen molar-refractivity contribution in [3.8, 4) is 0 Å². The molecular formula is C18H18N6O2. The van der Waals surface area contributed by atoms with Gasteiger partial charge in [0.2, 0.25) is 5.91 Å². The van der Waals surface area contributed by atoms with Crippen molar-refractivity contribution in [3.63, 3.8) is 0 Å². The molecule has 0 bridgehead atoms. The van der Waals surface area contributed by atoms with Crippen LogP contribution in [0.5, 0.6) is 0 Å². The average molecular weight is 350 g/mol. The molecular weight excluding hydrogens is 332 g/mol. The van der Waals surface area contributed by atoms with Crippen molar-refractivity contribution in [2.45, 2.75) is 18.1 Å². The summed E-state index contributed by atoms with van der Waals surface area (Å²) in [5, 5.41) is 3.21. The highest BCUT2D eigenvalue weighted by molar-refractivity contribution is 5.83. The number of fused-ring (bicyclic) bond motifs is 2. The lowest BCUT2D eigenvalue weighted by molar-refractivity contribution is -0.146. The smallest absolute Gasteiger partial charge is 0.246 e. The summed E-state index contributed by atoms with van der Waals surface area (Å²) in [5.74, 6) is 0.742. The normalized spacial score (nSPS) is 25.8. The van der Waals surface area contributed by atoms with Crippen molar-refractivity contribution in [2.24, 2.45) is 0 Å². The molecule has 2 N–H and O–H groups in total. The summed E-state index contributed by atoms with van der Waals surface area (Å²) in [7, 11) is 0. The van der Waals surface area contributed by atoms with Gasteiger partial charge in [0, 0.05) is 13.1 Å². The largest absolute Gasteiger partial charge is 0.364 e. The molecule has 26 heavy (non-hydrogen) atoms. The number of imidazole rings is 1. The van der Waals surface area contributed by atoms with Gasteiger partial charge in [0.05, 0.1) is 11.9 Å². The second-order valence-electron chi connectivity index (χ2n) is 6.68. The molecule has 132 valence electrons. The minimum atomic E-state index is -0.507. The van der Waals surface area contributed by atoms with E-state index >= 15 is 0 Å². The maximum Gasteiger partial charge on any atom is 0.246 e. The molecule has 0 saturated carbocycles. The number of carbonyl (C=O) groups excluding carboxylic acids is 1. The molecule has 2 atom stereocenters. The summed E-state index contributed by atoms with van der Waals surface area (Å²) >= 11 is 0. The number of aromatic amines is 1. The summed E-state index contributed by atoms with van der Waals surface area (Å²) in [6.45, 7) is 1.44. The summed E-state index contributed by atoms with van der Waals surface area (Å²) in [6.07, 6.45) is 3.72. The lowest BCUT2D eigenvalue weighted by atomic mass is 9.77. The Labute approximate surface area is 149 Å². The Morgan fingerprint density at radius 1 is 1.19 bits per heavy atom. The van der Waals surface area contributed by atoms with Crippen LogP contribution in [0.15, 0.2) is 43.0 Å². The Balaban J connectivity index is 1.52. The fourth-order valence-corrected chi connectivity index (χ4v) is 4.04. The molecule has 2 aliphatic rings. The van der Waals surface area contributed by atoms with E-state index in [2.05, 4.69) is 42.3 Å². The zero-order valence-corrected chi connectivity index (χ0v) is 14.1. The van der Waals surface area contributed by atoms with Gasteiger partial charge in [-0.1, -0.05) is 30.3 Å². The predicted molar refractivity (Wildman–Crippen MR) is 94.5 cm³/mol. The fraction of sp³-hybridized carbons (Fsp3) is 0.333. The first kappa shape index (κ1) is 15.3. The number of H-pyrrole nitrogens is 1. The van der Waals surface area contributed by atoms with Crippen molar-refractivity contribution in [3.05, 3.63) is 48.5 Å². The number of nitrogens with one attached hydrogen (secondary N) is 2. The number of aromatic nitrogens is 4. The summed E-state index contributed by atoms with van der Waals surface area (Å²) < 4.78 is 5.97. The fourth-order valence-electron chi connectivity index (χ4n) is 4.04. The quantitative estimate of drug-likeness (QED) is 0.715. The van der Waals surface area contributed by atoms with Crippen LogP contribution in [0.4, 0.5) is 5.82 Å². The lowest BCUT2D eigenvalue weighted by Crippen LogP contribution is -2.66. The first-order valence-corrected chi connectivity index (χ1v) is 8.63. The van der Waals surface area contributed by atoms with E-state index in [9.17, 15) is 4.79 Å². The number of rotatable bonds is 2.